The van der Waals surface area contributed by atoms with Crippen LogP contribution in [-0.2, 0) is 4.79 Å². The minimum atomic E-state index is -0.302. The van der Waals surface area contributed by atoms with Crippen LogP contribution in [0.5, 0.6) is 0 Å². The number of hydrogen-bond acceptors (Lipinski definition) is 3. The molecule has 5 heteroatoms. The van der Waals surface area contributed by atoms with Crippen LogP contribution in [0.4, 0.5) is 4.39 Å². The van der Waals surface area contributed by atoms with Gasteiger partial charge in [0.15, 0.2) is 0 Å². The molecule has 2 heterocycles. The first kappa shape index (κ1) is 14.2. The topological polar surface area (TPSA) is 44.7 Å². The molecule has 2 aliphatic heterocycles. The maximum Gasteiger partial charge on any atom is 0.275 e. The number of carbonyl (C=O) groups is 1. The normalized spacial score (nSPS) is 23.1. The standard InChI is InChI=1S/C18H18FN3O/c1-11-9-13(19)6-7-14(11)16-18(23)22(10-12-4-5-12)17-15(21-16)3-2-8-20-17/h2-3,6-9,12,17,20H,4-5,10H2,1H3. The number of aliphatic imine (C=N–C) groups is 1. The molecule has 1 fully saturated rings. The Bertz CT molecular complexity index is 762. The number of carbonyl (C=O) groups excluding carboxylic acids is 1. The van der Waals surface area contributed by atoms with Gasteiger partial charge in [-0.2, -0.15) is 0 Å². The van der Waals surface area contributed by atoms with Crippen molar-refractivity contribution in [2.24, 2.45) is 10.9 Å². The summed E-state index contributed by atoms with van der Waals surface area (Å²) >= 11 is 0. The number of allylic oxidation sites excluding steroid dienone is 2. The minimum absolute atomic E-state index is 0.0865. The summed E-state index contributed by atoms with van der Waals surface area (Å²) in [5.74, 6) is 0.197. The van der Waals surface area contributed by atoms with Gasteiger partial charge in [-0.05, 0) is 67.8 Å². The Morgan fingerprint density at radius 2 is 2.22 bits per heavy atom. The molecule has 4 nitrogen and oxygen atoms in total. The SMILES string of the molecule is Cc1cc(F)ccc1C1=NC2=CC=CNC2N(CC2CC2)C1=O. The van der Waals surface area contributed by atoms with Crippen molar-refractivity contribution in [1.29, 1.82) is 0 Å². The number of nitrogens with zero attached hydrogens (tertiary/aromatic N) is 2. The molecule has 0 saturated heterocycles. The van der Waals surface area contributed by atoms with E-state index in [1.165, 1.54) is 25.0 Å². The first-order valence-electron chi connectivity index (χ1n) is 7.92. The van der Waals surface area contributed by atoms with E-state index in [0.29, 0.717) is 17.2 Å². The van der Waals surface area contributed by atoms with Gasteiger partial charge in [0.05, 0.1) is 5.70 Å². The Labute approximate surface area is 134 Å². The minimum Gasteiger partial charge on any atom is -0.366 e. The maximum absolute atomic E-state index is 13.4. The summed E-state index contributed by atoms with van der Waals surface area (Å²) in [5, 5.41) is 3.22. The van der Waals surface area contributed by atoms with E-state index in [1.54, 1.807) is 13.0 Å². The van der Waals surface area contributed by atoms with Gasteiger partial charge in [0.2, 0.25) is 0 Å². The number of dihydropyridines is 1. The number of benzene rings is 1. The number of hydrogen-bond donors (Lipinski definition) is 1. The summed E-state index contributed by atoms with van der Waals surface area (Å²) in [7, 11) is 0. The fraction of sp³-hybridized carbons (Fsp3) is 0.333. The van der Waals surface area contributed by atoms with Crippen LogP contribution in [0, 0.1) is 18.7 Å². The van der Waals surface area contributed by atoms with Crippen molar-refractivity contribution in [2.75, 3.05) is 6.54 Å². The molecule has 1 saturated carbocycles. The van der Waals surface area contributed by atoms with Crippen LogP contribution >= 0.6 is 0 Å². The van der Waals surface area contributed by atoms with E-state index >= 15 is 0 Å². The second-order valence-electron chi connectivity index (χ2n) is 6.34. The summed E-state index contributed by atoms with van der Waals surface area (Å²) in [5.41, 5.74) is 2.65. The van der Waals surface area contributed by atoms with Crippen LogP contribution in [0.15, 0.2) is 47.2 Å². The highest BCUT2D eigenvalue weighted by Crippen LogP contribution is 2.33. The zero-order valence-electron chi connectivity index (χ0n) is 12.9. The second-order valence-corrected chi connectivity index (χ2v) is 6.34. The van der Waals surface area contributed by atoms with E-state index in [0.717, 1.165) is 17.8 Å². The van der Waals surface area contributed by atoms with Crippen molar-refractivity contribution < 1.29 is 9.18 Å². The summed E-state index contributed by atoms with van der Waals surface area (Å²) in [6.07, 6.45) is 7.80. The molecule has 1 amide bonds. The van der Waals surface area contributed by atoms with E-state index in [4.69, 9.17) is 0 Å². The van der Waals surface area contributed by atoms with Crippen LogP contribution in [0.25, 0.3) is 0 Å². The highest BCUT2D eigenvalue weighted by atomic mass is 19.1. The number of rotatable bonds is 3. The van der Waals surface area contributed by atoms with E-state index < -0.39 is 0 Å². The largest absolute Gasteiger partial charge is 0.366 e. The van der Waals surface area contributed by atoms with Gasteiger partial charge >= 0.3 is 0 Å². The molecule has 118 valence electrons. The quantitative estimate of drug-likeness (QED) is 0.932. The fourth-order valence-electron chi connectivity index (χ4n) is 3.08. The first-order valence-corrected chi connectivity index (χ1v) is 7.92. The van der Waals surface area contributed by atoms with E-state index in [9.17, 15) is 9.18 Å². The lowest BCUT2D eigenvalue weighted by molar-refractivity contribution is -0.126. The van der Waals surface area contributed by atoms with Crippen LogP contribution in [0.1, 0.15) is 24.0 Å². The summed E-state index contributed by atoms with van der Waals surface area (Å²) in [6, 6.07) is 4.46. The smallest absolute Gasteiger partial charge is 0.275 e. The monoisotopic (exact) mass is 311 g/mol. The number of fused-ring (bicyclic) bond motifs is 1. The Kier molecular flexibility index (Phi) is 3.29. The average molecular weight is 311 g/mol. The molecule has 1 aliphatic carbocycles. The van der Waals surface area contributed by atoms with Crippen molar-refractivity contribution in [3.8, 4) is 0 Å². The van der Waals surface area contributed by atoms with Gasteiger partial charge in [-0.3, -0.25) is 4.79 Å². The molecule has 23 heavy (non-hydrogen) atoms. The molecule has 0 radical (unpaired) electrons. The number of aryl methyl sites for hydroxylation is 1. The molecule has 3 aliphatic rings. The molecule has 0 spiro atoms. The van der Waals surface area contributed by atoms with Gasteiger partial charge in [0.1, 0.15) is 17.7 Å². The average Bonchev–Trinajstić information content (AvgIpc) is 3.34. The Morgan fingerprint density at radius 1 is 1.39 bits per heavy atom. The van der Waals surface area contributed by atoms with Crippen molar-refractivity contribution in [2.45, 2.75) is 25.9 Å². The summed E-state index contributed by atoms with van der Waals surface area (Å²) < 4.78 is 13.4. The molecule has 1 aromatic carbocycles. The van der Waals surface area contributed by atoms with Crippen LogP contribution in [0.2, 0.25) is 0 Å². The third-order valence-electron chi connectivity index (χ3n) is 4.51. The summed E-state index contributed by atoms with van der Waals surface area (Å²) in [6.45, 7) is 2.54. The lowest BCUT2D eigenvalue weighted by Crippen LogP contribution is -2.54. The maximum atomic E-state index is 13.4. The molecular weight excluding hydrogens is 293 g/mol. The Morgan fingerprint density at radius 3 is 2.96 bits per heavy atom. The van der Waals surface area contributed by atoms with Gasteiger partial charge < -0.3 is 10.2 Å². The van der Waals surface area contributed by atoms with E-state index in [2.05, 4.69) is 10.3 Å². The Balaban J connectivity index is 1.77. The van der Waals surface area contributed by atoms with Gasteiger partial charge in [-0.25, -0.2) is 9.38 Å². The Hall–Kier alpha value is -2.43. The molecular formula is C18H18FN3O. The fourth-order valence-corrected chi connectivity index (χ4v) is 3.08. The first-order chi connectivity index (χ1) is 11.1. The molecule has 1 unspecified atom stereocenters. The lowest BCUT2D eigenvalue weighted by atomic mass is 10.00. The van der Waals surface area contributed by atoms with E-state index in [1.807, 2.05) is 23.3 Å². The molecule has 1 N–H and O–H groups in total. The van der Waals surface area contributed by atoms with Gasteiger partial charge in [0.25, 0.3) is 5.91 Å². The zero-order valence-corrected chi connectivity index (χ0v) is 12.9. The number of halogens is 1. The molecule has 1 atom stereocenters. The molecule has 0 bridgehead atoms. The second kappa shape index (κ2) is 5.33. The van der Waals surface area contributed by atoms with E-state index in [-0.39, 0.29) is 17.9 Å². The third kappa shape index (κ3) is 2.56. The lowest BCUT2D eigenvalue weighted by Gasteiger charge is -2.37. The van der Waals surface area contributed by atoms with Crippen LogP contribution < -0.4 is 5.32 Å². The summed E-state index contributed by atoms with van der Waals surface area (Å²) in [4.78, 5) is 19.4. The third-order valence-corrected chi connectivity index (χ3v) is 4.51. The number of nitrogens with one attached hydrogen (secondary N) is 1. The van der Waals surface area contributed by atoms with Crippen LogP contribution in [-0.4, -0.2) is 29.2 Å². The van der Waals surface area contributed by atoms with Crippen molar-refractivity contribution in [3.63, 3.8) is 0 Å². The van der Waals surface area contributed by atoms with Gasteiger partial charge in [0, 0.05) is 12.1 Å². The van der Waals surface area contributed by atoms with Crippen molar-refractivity contribution in [1.82, 2.24) is 10.2 Å². The van der Waals surface area contributed by atoms with Crippen LogP contribution in [0.3, 0.4) is 0 Å². The predicted molar refractivity (Wildman–Crippen MR) is 86.3 cm³/mol. The van der Waals surface area contributed by atoms with Crippen molar-refractivity contribution >= 4 is 11.6 Å². The van der Waals surface area contributed by atoms with Gasteiger partial charge in [-0.15, -0.1) is 0 Å². The predicted octanol–water partition coefficient (Wildman–Crippen LogP) is 2.50. The number of amides is 1. The molecule has 0 aromatic heterocycles. The molecule has 1 aromatic rings. The highest BCUT2D eigenvalue weighted by molar-refractivity contribution is 6.46. The highest BCUT2D eigenvalue weighted by Gasteiger charge is 2.38. The van der Waals surface area contributed by atoms with Crippen molar-refractivity contribution in [3.05, 3.63) is 59.2 Å². The zero-order chi connectivity index (χ0) is 16.0. The molecule has 4 rings (SSSR count). The van der Waals surface area contributed by atoms with Gasteiger partial charge in [-0.1, -0.05) is 0 Å².